The number of pyridine rings is 1. The lowest BCUT2D eigenvalue weighted by Crippen LogP contribution is -2.26. The van der Waals surface area contributed by atoms with Crippen molar-refractivity contribution in [2.45, 2.75) is 13.5 Å². The number of aryl methyl sites for hydroxylation is 1. The Hall–Kier alpha value is -1.32. The topological polar surface area (TPSA) is 64.4 Å². The van der Waals surface area contributed by atoms with Crippen LogP contribution in [0.5, 0.6) is 5.75 Å². The molecule has 3 aromatic heterocycles. The van der Waals surface area contributed by atoms with Crippen LogP contribution in [0.3, 0.4) is 0 Å². The van der Waals surface area contributed by atoms with Crippen LogP contribution in [0, 0.1) is 9.81 Å². The standard InChI is InChI=1S/C14H10ClIN2O3S/c1-7-11-12(22-13(7)16)9(5-10(15)18-11)21-14(19)17-6-8-3-2-4-20-8/h2-5H,6H2,1H3,(H,17,19). The fraction of sp³-hybridized carbons (Fsp3) is 0.143. The monoisotopic (exact) mass is 448 g/mol. The van der Waals surface area contributed by atoms with Gasteiger partial charge in [0.1, 0.15) is 10.9 Å². The molecule has 3 rings (SSSR count). The number of rotatable bonds is 3. The maximum absolute atomic E-state index is 11.9. The lowest BCUT2D eigenvalue weighted by atomic mass is 10.3. The van der Waals surface area contributed by atoms with E-state index in [2.05, 4.69) is 32.9 Å². The van der Waals surface area contributed by atoms with Gasteiger partial charge in [-0.05, 0) is 47.2 Å². The first kappa shape index (κ1) is 15.6. The number of nitrogens with zero attached hydrogens (tertiary/aromatic N) is 1. The van der Waals surface area contributed by atoms with Crippen molar-refractivity contribution in [1.29, 1.82) is 0 Å². The first-order valence-corrected chi connectivity index (χ1v) is 8.55. The number of thiophene rings is 1. The predicted octanol–water partition coefficient (Wildman–Crippen LogP) is 4.74. The molecule has 114 valence electrons. The average molecular weight is 449 g/mol. The number of hydrogen-bond donors (Lipinski definition) is 1. The molecule has 0 saturated heterocycles. The van der Waals surface area contributed by atoms with Crippen LogP contribution in [0.4, 0.5) is 4.79 Å². The fourth-order valence-electron chi connectivity index (χ4n) is 1.88. The van der Waals surface area contributed by atoms with E-state index < -0.39 is 6.09 Å². The highest BCUT2D eigenvalue weighted by atomic mass is 127. The zero-order valence-electron chi connectivity index (χ0n) is 11.4. The molecule has 8 heteroatoms. The molecule has 0 atom stereocenters. The Morgan fingerprint density at radius 2 is 2.41 bits per heavy atom. The van der Waals surface area contributed by atoms with Crippen molar-refractivity contribution >= 4 is 61.8 Å². The summed E-state index contributed by atoms with van der Waals surface area (Å²) in [5, 5.41) is 2.91. The highest BCUT2D eigenvalue weighted by Crippen LogP contribution is 2.38. The van der Waals surface area contributed by atoms with Gasteiger partial charge in [0.15, 0.2) is 5.75 Å². The van der Waals surface area contributed by atoms with Gasteiger partial charge in [0.2, 0.25) is 0 Å². The summed E-state index contributed by atoms with van der Waals surface area (Å²) in [5.74, 6) is 1.05. The van der Waals surface area contributed by atoms with Gasteiger partial charge in [-0.2, -0.15) is 0 Å². The number of hydrogen-bond acceptors (Lipinski definition) is 5. The second kappa shape index (κ2) is 6.43. The summed E-state index contributed by atoms with van der Waals surface area (Å²) in [6.45, 7) is 2.22. The maximum Gasteiger partial charge on any atom is 0.413 e. The number of fused-ring (bicyclic) bond motifs is 1. The summed E-state index contributed by atoms with van der Waals surface area (Å²) in [6, 6.07) is 5.07. The molecule has 0 aliphatic heterocycles. The van der Waals surface area contributed by atoms with Gasteiger partial charge in [0.05, 0.1) is 25.9 Å². The van der Waals surface area contributed by atoms with E-state index in [1.54, 1.807) is 24.5 Å². The molecule has 1 N–H and O–H groups in total. The molecule has 1 amide bonds. The van der Waals surface area contributed by atoms with Crippen LogP contribution in [0.1, 0.15) is 11.3 Å². The molecule has 5 nitrogen and oxygen atoms in total. The molecule has 3 heterocycles. The van der Waals surface area contributed by atoms with Crippen molar-refractivity contribution in [2.24, 2.45) is 0 Å². The second-order valence-corrected chi connectivity index (χ2v) is 7.66. The molecule has 0 aliphatic rings. The average Bonchev–Trinajstić information content (AvgIpc) is 3.08. The Kier molecular flexibility index (Phi) is 4.55. The molecule has 0 saturated carbocycles. The van der Waals surface area contributed by atoms with Gasteiger partial charge in [-0.1, -0.05) is 11.6 Å². The highest BCUT2D eigenvalue weighted by molar-refractivity contribution is 14.1. The Morgan fingerprint density at radius 1 is 1.59 bits per heavy atom. The normalized spacial score (nSPS) is 10.9. The lowest BCUT2D eigenvalue weighted by molar-refractivity contribution is 0.199. The van der Waals surface area contributed by atoms with E-state index in [0.717, 1.165) is 18.7 Å². The molecular weight excluding hydrogens is 439 g/mol. The number of carbonyl (C=O) groups is 1. The molecule has 0 bridgehead atoms. The van der Waals surface area contributed by atoms with Gasteiger partial charge in [0, 0.05) is 6.07 Å². The lowest BCUT2D eigenvalue weighted by Gasteiger charge is -2.07. The number of furan rings is 1. The minimum Gasteiger partial charge on any atom is -0.467 e. The van der Waals surface area contributed by atoms with Crippen molar-refractivity contribution in [3.05, 3.63) is 43.8 Å². The van der Waals surface area contributed by atoms with Crippen LogP contribution >= 0.6 is 45.5 Å². The molecule has 0 spiro atoms. The van der Waals surface area contributed by atoms with Crippen LogP contribution in [0.25, 0.3) is 10.2 Å². The van der Waals surface area contributed by atoms with Crippen molar-refractivity contribution < 1.29 is 13.9 Å². The zero-order chi connectivity index (χ0) is 15.7. The molecule has 0 radical (unpaired) electrons. The Bertz CT molecular complexity index is 832. The number of ether oxygens (including phenoxy) is 1. The van der Waals surface area contributed by atoms with Crippen molar-refractivity contribution in [2.75, 3.05) is 0 Å². The summed E-state index contributed by atoms with van der Waals surface area (Å²) >= 11 is 9.76. The van der Waals surface area contributed by atoms with Crippen LogP contribution in [-0.4, -0.2) is 11.1 Å². The van der Waals surface area contributed by atoms with Crippen molar-refractivity contribution in [3.63, 3.8) is 0 Å². The Morgan fingerprint density at radius 3 is 3.14 bits per heavy atom. The molecule has 22 heavy (non-hydrogen) atoms. The SMILES string of the molecule is Cc1c(I)sc2c(OC(=O)NCc3ccco3)cc(Cl)nc12. The smallest absolute Gasteiger partial charge is 0.413 e. The second-order valence-electron chi connectivity index (χ2n) is 4.44. The number of aromatic nitrogens is 1. The van der Waals surface area contributed by atoms with E-state index in [9.17, 15) is 4.79 Å². The molecular formula is C14H10ClIN2O3S. The van der Waals surface area contributed by atoms with Gasteiger partial charge < -0.3 is 14.5 Å². The van der Waals surface area contributed by atoms with E-state index in [0.29, 0.717) is 16.7 Å². The van der Waals surface area contributed by atoms with Crippen molar-refractivity contribution in [1.82, 2.24) is 10.3 Å². The third-order valence-electron chi connectivity index (χ3n) is 2.94. The molecule has 0 aromatic carbocycles. The quantitative estimate of drug-likeness (QED) is 0.464. The zero-order valence-corrected chi connectivity index (χ0v) is 15.1. The molecule has 0 fully saturated rings. The minimum absolute atomic E-state index is 0.259. The number of carbonyl (C=O) groups excluding carboxylic acids is 1. The van der Waals surface area contributed by atoms with Gasteiger partial charge in [0.25, 0.3) is 0 Å². The third-order valence-corrected chi connectivity index (χ3v) is 5.69. The number of nitrogens with one attached hydrogen (secondary N) is 1. The predicted molar refractivity (Wildman–Crippen MR) is 93.7 cm³/mol. The summed E-state index contributed by atoms with van der Waals surface area (Å²) in [7, 11) is 0. The van der Waals surface area contributed by atoms with Gasteiger partial charge >= 0.3 is 6.09 Å². The summed E-state index contributed by atoms with van der Waals surface area (Å²) in [4.78, 5) is 16.2. The third kappa shape index (κ3) is 3.21. The Labute approximate surface area is 148 Å². The molecule has 0 aliphatic carbocycles. The van der Waals surface area contributed by atoms with Gasteiger partial charge in [-0.15, -0.1) is 11.3 Å². The van der Waals surface area contributed by atoms with Crippen LogP contribution < -0.4 is 10.1 Å². The Balaban J connectivity index is 1.81. The van der Waals surface area contributed by atoms with E-state index in [-0.39, 0.29) is 6.54 Å². The first-order chi connectivity index (χ1) is 10.5. The fourth-order valence-corrected chi connectivity index (χ4v) is 3.90. The van der Waals surface area contributed by atoms with E-state index >= 15 is 0 Å². The van der Waals surface area contributed by atoms with Crippen LogP contribution in [-0.2, 0) is 6.54 Å². The van der Waals surface area contributed by atoms with E-state index in [1.165, 1.54) is 11.3 Å². The summed E-state index contributed by atoms with van der Waals surface area (Å²) in [5.41, 5.74) is 1.79. The van der Waals surface area contributed by atoms with Gasteiger partial charge in [-0.3, -0.25) is 0 Å². The van der Waals surface area contributed by atoms with E-state index in [1.807, 2.05) is 6.92 Å². The highest BCUT2D eigenvalue weighted by Gasteiger charge is 2.16. The minimum atomic E-state index is -0.568. The van der Waals surface area contributed by atoms with E-state index in [4.69, 9.17) is 20.8 Å². The summed E-state index contributed by atoms with van der Waals surface area (Å²) in [6.07, 6.45) is 0.978. The van der Waals surface area contributed by atoms with Crippen LogP contribution in [0.2, 0.25) is 5.15 Å². The number of amides is 1. The summed E-state index contributed by atoms with van der Waals surface area (Å²) < 4.78 is 12.4. The first-order valence-electron chi connectivity index (χ1n) is 6.28. The number of halogens is 2. The largest absolute Gasteiger partial charge is 0.467 e. The van der Waals surface area contributed by atoms with Crippen LogP contribution in [0.15, 0.2) is 28.9 Å². The molecule has 0 unspecified atom stereocenters. The van der Waals surface area contributed by atoms with Crippen molar-refractivity contribution in [3.8, 4) is 5.75 Å². The van der Waals surface area contributed by atoms with Gasteiger partial charge in [-0.25, -0.2) is 9.78 Å². The maximum atomic E-state index is 11.9. The molecule has 3 aromatic rings.